The molecule has 0 N–H and O–H groups in total. The molecule has 84 valence electrons. The first kappa shape index (κ1) is 11.3. The van der Waals surface area contributed by atoms with Crippen LogP contribution >= 0.6 is 11.8 Å². The highest BCUT2D eigenvalue weighted by atomic mass is 32.2. The summed E-state index contributed by atoms with van der Waals surface area (Å²) in [7, 11) is 2.12. The lowest BCUT2D eigenvalue weighted by Gasteiger charge is -2.20. The van der Waals surface area contributed by atoms with Gasteiger partial charge in [-0.1, -0.05) is 30.3 Å². The molecule has 0 saturated heterocycles. The molecule has 0 fully saturated rings. The molecule has 3 heteroatoms. The van der Waals surface area contributed by atoms with E-state index in [1.807, 2.05) is 6.07 Å². The summed E-state index contributed by atoms with van der Waals surface area (Å²) >= 11 is 1.71. The first-order valence-electron chi connectivity index (χ1n) is 5.38. The Morgan fingerprint density at radius 3 is 2.69 bits per heavy atom. The number of hydrogen-bond acceptors (Lipinski definition) is 3. The largest absolute Gasteiger partial charge is 0.372 e. The van der Waals surface area contributed by atoms with E-state index in [-0.39, 0.29) is 0 Å². The standard InChI is InChI=1S/C13H16N2S/c1-15-9-8-14-13(16-2)10-12(15)11-6-4-3-5-7-11/h3-7,10H,8-9H2,1-2H3. The van der Waals surface area contributed by atoms with Crippen LogP contribution in [0, 0.1) is 0 Å². The van der Waals surface area contributed by atoms with E-state index in [0.717, 1.165) is 18.1 Å². The van der Waals surface area contributed by atoms with Gasteiger partial charge in [-0.3, -0.25) is 4.99 Å². The number of likely N-dealkylation sites (N-methyl/N-ethyl adjacent to an activating group) is 1. The molecule has 1 aliphatic heterocycles. The quantitative estimate of drug-likeness (QED) is 0.740. The van der Waals surface area contributed by atoms with Gasteiger partial charge in [-0.2, -0.15) is 0 Å². The van der Waals surface area contributed by atoms with Crippen LogP contribution in [0.4, 0.5) is 0 Å². The lowest BCUT2D eigenvalue weighted by atomic mass is 10.1. The maximum absolute atomic E-state index is 4.53. The van der Waals surface area contributed by atoms with Crippen molar-refractivity contribution < 1.29 is 0 Å². The van der Waals surface area contributed by atoms with Crippen LogP contribution in [-0.4, -0.2) is 36.3 Å². The zero-order chi connectivity index (χ0) is 11.4. The van der Waals surface area contributed by atoms with Crippen molar-refractivity contribution in [3.63, 3.8) is 0 Å². The van der Waals surface area contributed by atoms with Gasteiger partial charge in [0.2, 0.25) is 0 Å². The second-order valence-corrected chi connectivity index (χ2v) is 4.57. The fourth-order valence-corrected chi connectivity index (χ4v) is 2.19. The van der Waals surface area contributed by atoms with Gasteiger partial charge in [-0.15, -0.1) is 11.8 Å². The predicted octanol–water partition coefficient (Wildman–Crippen LogP) is 2.73. The number of aliphatic imine (C=N–C) groups is 1. The number of hydrogen-bond donors (Lipinski definition) is 0. The zero-order valence-electron chi connectivity index (χ0n) is 9.68. The molecule has 0 aromatic heterocycles. The maximum atomic E-state index is 4.53. The average molecular weight is 232 g/mol. The third-order valence-electron chi connectivity index (χ3n) is 2.65. The van der Waals surface area contributed by atoms with Gasteiger partial charge >= 0.3 is 0 Å². The summed E-state index contributed by atoms with van der Waals surface area (Å²) in [6.07, 6.45) is 4.25. The van der Waals surface area contributed by atoms with Crippen molar-refractivity contribution in [1.29, 1.82) is 0 Å². The predicted molar refractivity (Wildman–Crippen MR) is 72.9 cm³/mol. The van der Waals surface area contributed by atoms with Crippen molar-refractivity contribution in [2.24, 2.45) is 4.99 Å². The summed E-state index contributed by atoms with van der Waals surface area (Å²) in [4.78, 5) is 6.80. The molecule has 0 radical (unpaired) electrons. The average Bonchev–Trinajstić information content (AvgIpc) is 2.52. The minimum absolute atomic E-state index is 0.875. The molecule has 0 amide bonds. The van der Waals surface area contributed by atoms with Gasteiger partial charge in [0, 0.05) is 19.3 Å². The van der Waals surface area contributed by atoms with Crippen LogP contribution in [0.1, 0.15) is 5.56 Å². The fourth-order valence-electron chi connectivity index (χ4n) is 1.74. The van der Waals surface area contributed by atoms with Crippen molar-refractivity contribution in [3.8, 4) is 0 Å². The van der Waals surface area contributed by atoms with Crippen molar-refractivity contribution >= 4 is 22.5 Å². The highest BCUT2D eigenvalue weighted by Gasteiger charge is 2.11. The molecular formula is C13H16N2S. The van der Waals surface area contributed by atoms with Gasteiger partial charge in [-0.05, 0) is 17.9 Å². The van der Waals surface area contributed by atoms with Crippen molar-refractivity contribution in [3.05, 3.63) is 42.0 Å². The Kier molecular flexibility index (Phi) is 3.67. The summed E-state index contributed by atoms with van der Waals surface area (Å²) < 4.78 is 0. The Hall–Kier alpha value is -1.22. The van der Waals surface area contributed by atoms with Crippen LogP contribution in [0.2, 0.25) is 0 Å². The fraction of sp³-hybridized carbons (Fsp3) is 0.308. The SMILES string of the molecule is CSC1=NCCN(C)C(c2ccccc2)=C1. The molecule has 0 unspecified atom stereocenters. The smallest absolute Gasteiger partial charge is 0.0923 e. The topological polar surface area (TPSA) is 15.6 Å². The molecule has 2 nitrogen and oxygen atoms in total. The van der Waals surface area contributed by atoms with Gasteiger partial charge < -0.3 is 4.90 Å². The zero-order valence-corrected chi connectivity index (χ0v) is 10.5. The molecular weight excluding hydrogens is 216 g/mol. The van der Waals surface area contributed by atoms with E-state index in [1.165, 1.54) is 11.3 Å². The normalized spacial score (nSPS) is 16.5. The molecule has 2 rings (SSSR count). The Labute approximate surface area is 101 Å². The first-order valence-corrected chi connectivity index (χ1v) is 6.60. The number of nitrogens with zero attached hydrogens (tertiary/aromatic N) is 2. The molecule has 0 aliphatic carbocycles. The maximum Gasteiger partial charge on any atom is 0.0923 e. The number of rotatable bonds is 1. The van der Waals surface area contributed by atoms with E-state index in [2.05, 4.69) is 53.5 Å². The lowest BCUT2D eigenvalue weighted by Crippen LogP contribution is -2.18. The van der Waals surface area contributed by atoms with Gasteiger partial charge in [0.05, 0.1) is 11.6 Å². The van der Waals surface area contributed by atoms with Crippen molar-refractivity contribution in [2.45, 2.75) is 0 Å². The highest BCUT2D eigenvalue weighted by molar-refractivity contribution is 8.13. The second-order valence-electron chi connectivity index (χ2n) is 3.74. The van der Waals surface area contributed by atoms with Crippen LogP contribution in [0.15, 0.2) is 41.4 Å². The molecule has 1 aliphatic rings. The Bertz CT molecular complexity index is 409. The summed E-state index contributed by atoms with van der Waals surface area (Å²) in [5.74, 6) is 0. The van der Waals surface area contributed by atoms with Crippen LogP contribution < -0.4 is 0 Å². The Morgan fingerprint density at radius 2 is 2.00 bits per heavy atom. The van der Waals surface area contributed by atoms with Crippen LogP contribution in [0.25, 0.3) is 5.70 Å². The Morgan fingerprint density at radius 1 is 1.25 bits per heavy atom. The summed E-state index contributed by atoms with van der Waals surface area (Å²) in [5.41, 5.74) is 2.51. The number of thioether (sulfide) groups is 1. The van der Waals surface area contributed by atoms with Gasteiger partial charge in [0.1, 0.15) is 0 Å². The van der Waals surface area contributed by atoms with E-state index < -0.39 is 0 Å². The minimum Gasteiger partial charge on any atom is -0.372 e. The van der Waals surface area contributed by atoms with Crippen molar-refractivity contribution in [2.75, 3.05) is 26.4 Å². The van der Waals surface area contributed by atoms with E-state index in [0.29, 0.717) is 0 Å². The van der Waals surface area contributed by atoms with Gasteiger partial charge in [0.25, 0.3) is 0 Å². The summed E-state index contributed by atoms with van der Waals surface area (Å²) in [6.45, 7) is 1.85. The molecule has 0 atom stereocenters. The van der Waals surface area contributed by atoms with Crippen LogP contribution in [0.5, 0.6) is 0 Å². The van der Waals surface area contributed by atoms with Gasteiger partial charge in [0.15, 0.2) is 0 Å². The summed E-state index contributed by atoms with van der Waals surface area (Å²) in [6, 6.07) is 10.5. The summed E-state index contributed by atoms with van der Waals surface area (Å²) in [5, 5.41) is 1.11. The second kappa shape index (κ2) is 5.21. The highest BCUT2D eigenvalue weighted by Crippen LogP contribution is 2.21. The minimum atomic E-state index is 0.875. The lowest BCUT2D eigenvalue weighted by molar-refractivity contribution is 0.495. The van der Waals surface area contributed by atoms with E-state index in [1.54, 1.807) is 11.8 Å². The van der Waals surface area contributed by atoms with E-state index >= 15 is 0 Å². The van der Waals surface area contributed by atoms with Gasteiger partial charge in [-0.25, -0.2) is 0 Å². The molecule has 1 aromatic rings. The van der Waals surface area contributed by atoms with E-state index in [9.17, 15) is 0 Å². The Balaban J connectivity index is 2.37. The molecule has 0 spiro atoms. The third-order valence-corrected chi connectivity index (χ3v) is 3.32. The third kappa shape index (κ3) is 2.47. The van der Waals surface area contributed by atoms with E-state index in [4.69, 9.17) is 0 Å². The monoisotopic (exact) mass is 232 g/mol. The van der Waals surface area contributed by atoms with Crippen LogP contribution in [0.3, 0.4) is 0 Å². The molecule has 16 heavy (non-hydrogen) atoms. The van der Waals surface area contributed by atoms with Crippen molar-refractivity contribution in [1.82, 2.24) is 4.90 Å². The molecule has 0 saturated carbocycles. The molecule has 1 heterocycles. The molecule has 1 aromatic carbocycles. The van der Waals surface area contributed by atoms with Crippen LogP contribution in [-0.2, 0) is 0 Å². The molecule has 0 bridgehead atoms. The first-order chi connectivity index (χ1) is 7.81. The number of benzene rings is 1.